The molecule has 0 saturated carbocycles. The molecule has 2 aromatic rings. The average molecular weight is 384 g/mol. The third-order valence-electron chi connectivity index (χ3n) is 4.12. The maximum Gasteiger partial charge on any atom is 0.331 e. The number of carbonyl (C=O) groups excluding carboxylic acids is 3. The Morgan fingerprint density at radius 2 is 1.82 bits per heavy atom. The fourth-order valence-corrected chi connectivity index (χ4v) is 2.52. The zero-order valence-electron chi connectivity index (χ0n) is 16.6. The number of aryl methyl sites for hydroxylation is 2. The zero-order chi connectivity index (χ0) is 20.8. The molecule has 1 aromatic heterocycles. The molecule has 0 aliphatic rings. The van der Waals surface area contributed by atoms with Crippen molar-refractivity contribution >= 4 is 29.5 Å². The molecule has 1 heterocycles. The van der Waals surface area contributed by atoms with E-state index in [1.54, 1.807) is 49.1 Å². The lowest BCUT2D eigenvalue weighted by molar-refractivity contribution is -0.142. The Balaban J connectivity index is 1.85. The van der Waals surface area contributed by atoms with Crippen LogP contribution in [0.15, 0.2) is 30.3 Å². The topological polar surface area (TPSA) is 93.5 Å². The summed E-state index contributed by atoms with van der Waals surface area (Å²) < 4.78 is 6.68. The molecular weight excluding hydrogens is 360 g/mol. The van der Waals surface area contributed by atoms with E-state index in [4.69, 9.17) is 4.74 Å². The van der Waals surface area contributed by atoms with E-state index >= 15 is 0 Å². The number of nitrogens with one attached hydrogen (secondary N) is 1. The van der Waals surface area contributed by atoms with Crippen LogP contribution in [0.1, 0.15) is 27.3 Å². The molecule has 8 heteroatoms. The van der Waals surface area contributed by atoms with Crippen LogP contribution in [0.2, 0.25) is 0 Å². The standard InChI is InChI=1S/C20H24N4O4/c1-13-17(14(2)24(5)22-13)10-11-19(26)28-12-18(25)21-16-8-6-15(7-9-16)20(27)23(3)4/h6-11H,12H2,1-5H3,(H,21,25)/b11-10+. The van der Waals surface area contributed by atoms with Gasteiger partial charge in [-0.25, -0.2) is 4.79 Å². The molecule has 28 heavy (non-hydrogen) atoms. The summed E-state index contributed by atoms with van der Waals surface area (Å²) >= 11 is 0. The van der Waals surface area contributed by atoms with Crippen LogP contribution < -0.4 is 5.32 Å². The summed E-state index contributed by atoms with van der Waals surface area (Å²) in [5.41, 5.74) is 3.60. The van der Waals surface area contributed by atoms with E-state index in [1.165, 1.54) is 11.0 Å². The first kappa shape index (κ1) is 20.9. The van der Waals surface area contributed by atoms with Gasteiger partial charge in [0.2, 0.25) is 0 Å². The molecule has 0 bridgehead atoms. The van der Waals surface area contributed by atoms with Gasteiger partial charge in [0.05, 0.1) is 5.69 Å². The Bertz CT molecular complexity index is 911. The van der Waals surface area contributed by atoms with Crippen LogP contribution in [0.4, 0.5) is 5.69 Å². The third-order valence-corrected chi connectivity index (χ3v) is 4.12. The highest BCUT2D eigenvalue weighted by molar-refractivity contribution is 5.96. The van der Waals surface area contributed by atoms with Gasteiger partial charge < -0.3 is 15.0 Å². The summed E-state index contributed by atoms with van der Waals surface area (Å²) in [6.07, 6.45) is 2.89. The minimum atomic E-state index is -0.621. The van der Waals surface area contributed by atoms with Gasteiger partial charge in [-0.15, -0.1) is 0 Å². The highest BCUT2D eigenvalue weighted by atomic mass is 16.5. The summed E-state index contributed by atoms with van der Waals surface area (Å²) in [6.45, 7) is 3.34. The number of hydrogen-bond acceptors (Lipinski definition) is 5. The predicted molar refractivity (Wildman–Crippen MR) is 106 cm³/mol. The number of ether oxygens (including phenoxy) is 1. The van der Waals surface area contributed by atoms with Crippen molar-refractivity contribution in [2.24, 2.45) is 7.05 Å². The highest BCUT2D eigenvalue weighted by Gasteiger charge is 2.10. The van der Waals surface area contributed by atoms with Gasteiger partial charge in [0.25, 0.3) is 11.8 Å². The van der Waals surface area contributed by atoms with Crippen molar-refractivity contribution in [3.8, 4) is 0 Å². The summed E-state index contributed by atoms with van der Waals surface area (Å²) in [4.78, 5) is 37.1. The maximum absolute atomic E-state index is 11.9. The van der Waals surface area contributed by atoms with Gasteiger partial charge in [0.1, 0.15) is 0 Å². The van der Waals surface area contributed by atoms with Crippen LogP contribution in [-0.2, 0) is 21.4 Å². The molecule has 0 unspecified atom stereocenters. The minimum absolute atomic E-state index is 0.127. The molecule has 0 aliphatic heterocycles. The van der Waals surface area contributed by atoms with Gasteiger partial charge in [-0.1, -0.05) is 0 Å². The molecule has 0 saturated heterocycles. The minimum Gasteiger partial charge on any atom is -0.452 e. The Morgan fingerprint density at radius 1 is 1.18 bits per heavy atom. The van der Waals surface area contributed by atoms with Gasteiger partial charge in [-0.05, 0) is 44.2 Å². The SMILES string of the molecule is Cc1nn(C)c(C)c1/C=C/C(=O)OCC(=O)Nc1ccc(C(=O)N(C)C)cc1. The van der Waals surface area contributed by atoms with Crippen molar-refractivity contribution in [2.75, 3.05) is 26.0 Å². The summed E-state index contributed by atoms with van der Waals surface area (Å²) in [7, 11) is 5.15. The molecule has 0 fully saturated rings. The number of esters is 1. The van der Waals surface area contributed by atoms with E-state index in [-0.39, 0.29) is 5.91 Å². The monoisotopic (exact) mass is 384 g/mol. The van der Waals surface area contributed by atoms with E-state index in [2.05, 4.69) is 10.4 Å². The second-order valence-electron chi connectivity index (χ2n) is 6.47. The highest BCUT2D eigenvalue weighted by Crippen LogP contribution is 2.14. The quantitative estimate of drug-likeness (QED) is 0.607. The fourth-order valence-electron chi connectivity index (χ4n) is 2.52. The van der Waals surface area contributed by atoms with Crippen molar-refractivity contribution < 1.29 is 19.1 Å². The second kappa shape index (κ2) is 8.98. The molecule has 1 N–H and O–H groups in total. The first-order valence-corrected chi connectivity index (χ1v) is 8.65. The molecule has 0 spiro atoms. The Morgan fingerprint density at radius 3 is 2.36 bits per heavy atom. The first-order valence-electron chi connectivity index (χ1n) is 8.65. The van der Waals surface area contributed by atoms with E-state index in [9.17, 15) is 14.4 Å². The van der Waals surface area contributed by atoms with E-state index in [0.29, 0.717) is 11.3 Å². The summed E-state index contributed by atoms with van der Waals surface area (Å²) in [6, 6.07) is 6.46. The van der Waals surface area contributed by atoms with Gasteiger partial charge in [-0.3, -0.25) is 14.3 Å². The molecule has 8 nitrogen and oxygen atoms in total. The van der Waals surface area contributed by atoms with Gasteiger partial charge in [0, 0.05) is 49.7 Å². The Hall–Kier alpha value is -3.42. The predicted octanol–water partition coefficient (Wildman–Crippen LogP) is 1.93. The number of benzene rings is 1. The van der Waals surface area contributed by atoms with Crippen molar-refractivity contribution in [1.82, 2.24) is 14.7 Å². The molecule has 2 amide bonds. The lowest BCUT2D eigenvalue weighted by Crippen LogP contribution is -2.22. The molecule has 0 atom stereocenters. The summed E-state index contributed by atoms with van der Waals surface area (Å²) in [5.74, 6) is -1.22. The van der Waals surface area contributed by atoms with Crippen LogP contribution in [-0.4, -0.2) is 53.2 Å². The number of anilines is 1. The lowest BCUT2D eigenvalue weighted by Gasteiger charge is -2.11. The second-order valence-corrected chi connectivity index (χ2v) is 6.47. The molecule has 0 aliphatic carbocycles. The van der Waals surface area contributed by atoms with Crippen LogP contribution >= 0.6 is 0 Å². The number of hydrogen-bond donors (Lipinski definition) is 1. The van der Waals surface area contributed by atoms with Crippen LogP contribution in [0, 0.1) is 13.8 Å². The van der Waals surface area contributed by atoms with Crippen LogP contribution in [0.5, 0.6) is 0 Å². The van der Waals surface area contributed by atoms with E-state index in [1.807, 2.05) is 20.9 Å². The fraction of sp³-hybridized carbons (Fsp3) is 0.300. The zero-order valence-corrected chi connectivity index (χ0v) is 16.6. The first-order chi connectivity index (χ1) is 13.2. The smallest absolute Gasteiger partial charge is 0.331 e. The molecule has 148 valence electrons. The van der Waals surface area contributed by atoms with E-state index < -0.39 is 18.5 Å². The number of nitrogens with zero attached hydrogens (tertiary/aromatic N) is 3. The van der Waals surface area contributed by atoms with Crippen LogP contribution in [0.25, 0.3) is 6.08 Å². The third kappa shape index (κ3) is 5.29. The van der Waals surface area contributed by atoms with Crippen molar-refractivity contribution in [1.29, 1.82) is 0 Å². The van der Waals surface area contributed by atoms with Crippen LogP contribution in [0.3, 0.4) is 0 Å². The normalized spacial score (nSPS) is 10.8. The van der Waals surface area contributed by atoms with Gasteiger partial charge in [-0.2, -0.15) is 5.10 Å². The Kier molecular flexibility index (Phi) is 6.70. The van der Waals surface area contributed by atoms with E-state index in [0.717, 1.165) is 17.0 Å². The van der Waals surface area contributed by atoms with Crippen molar-refractivity contribution in [3.63, 3.8) is 0 Å². The number of amides is 2. The maximum atomic E-state index is 11.9. The lowest BCUT2D eigenvalue weighted by atomic mass is 10.2. The largest absolute Gasteiger partial charge is 0.452 e. The van der Waals surface area contributed by atoms with Crippen molar-refractivity contribution in [2.45, 2.75) is 13.8 Å². The van der Waals surface area contributed by atoms with Gasteiger partial charge >= 0.3 is 5.97 Å². The molecule has 1 aromatic carbocycles. The molecule has 0 radical (unpaired) electrons. The molecule has 2 rings (SSSR count). The number of rotatable bonds is 6. The van der Waals surface area contributed by atoms with Crippen molar-refractivity contribution in [3.05, 3.63) is 52.9 Å². The molecular formula is C20H24N4O4. The van der Waals surface area contributed by atoms with Gasteiger partial charge in [0.15, 0.2) is 6.61 Å². The number of carbonyl (C=O) groups is 3. The number of aromatic nitrogens is 2. The summed E-state index contributed by atoms with van der Waals surface area (Å²) in [5, 5.41) is 6.87. The Labute approximate surface area is 163 Å². The average Bonchev–Trinajstić information content (AvgIpc) is 2.90.